The summed E-state index contributed by atoms with van der Waals surface area (Å²) in [5, 5.41) is 3.22. The molecule has 2 aromatic rings. The molecule has 4 nitrogen and oxygen atoms in total. The quantitative estimate of drug-likeness (QED) is 0.924. The average molecular weight is 262 g/mol. The molecule has 18 heavy (non-hydrogen) atoms. The van der Waals surface area contributed by atoms with E-state index in [2.05, 4.69) is 15.3 Å². The van der Waals surface area contributed by atoms with Crippen molar-refractivity contribution in [1.82, 2.24) is 15.3 Å². The number of hydrogen-bond acceptors (Lipinski definition) is 3. The number of aromatic nitrogens is 2. The van der Waals surface area contributed by atoms with Crippen molar-refractivity contribution >= 4 is 17.5 Å². The standard InChI is InChI=1S/C13H12ClN3O/c1-9(10-2-5-15-6-3-10)17-13(18)11-4-7-16-8-12(11)14/h2-9H,1H3,(H,17,18). The predicted molar refractivity (Wildman–Crippen MR) is 69.4 cm³/mol. The molecule has 0 saturated carbocycles. The highest BCUT2D eigenvalue weighted by atomic mass is 35.5. The third kappa shape index (κ3) is 2.84. The Morgan fingerprint density at radius 3 is 2.56 bits per heavy atom. The van der Waals surface area contributed by atoms with E-state index in [0.29, 0.717) is 10.6 Å². The molecule has 2 aromatic heterocycles. The first-order chi connectivity index (χ1) is 8.68. The molecule has 0 spiro atoms. The van der Waals surface area contributed by atoms with Gasteiger partial charge in [-0.05, 0) is 30.7 Å². The van der Waals surface area contributed by atoms with Gasteiger partial charge in [-0.1, -0.05) is 11.6 Å². The van der Waals surface area contributed by atoms with Crippen LogP contribution in [0.5, 0.6) is 0 Å². The second kappa shape index (κ2) is 5.60. The zero-order valence-electron chi connectivity index (χ0n) is 9.80. The van der Waals surface area contributed by atoms with Gasteiger partial charge in [0.05, 0.1) is 16.6 Å². The number of hydrogen-bond donors (Lipinski definition) is 1. The average Bonchev–Trinajstić information content (AvgIpc) is 2.40. The third-order valence-electron chi connectivity index (χ3n) is 2.57. The zero-order chi connectivity index (χ0) is 13.0. The largest absolute Gasteiger partial charge is 0.345 e. The molecular weight excluding hydrogens is 250 g/mol. The molecule has 1 amide bonds. The van der Waals surface area contributed by atoms with Crippen LogP contribution >= 0.6 is 11.6 Å². The molecule has 0 fully saturated rings. The van der Waals surface area contributed by atoms with Gasteiger partial charge in [0, 0.05) is 24.8 Å². The van der Waals surface area contributed by atoms with Crippen molar-refractivity contribution < 1.29 is 4.79 Å². The van der Waals surface area contributed by atoms with Crippen LogP contribution in [0.4, 0.5) is 0 Å². The molecule has 1 N–H and O–H groups in total. The van der Waals surface area contributed by atoms with E-state index in [4.69, 9.17) is 11.6 Å². The lowest BCUT2D eigenvalue weighted by Crippen LogP contribution is -2.26. The van der Waals surface area contributed by atoms with Crippen LogP contribution in [0, 0.1) is 0 Å². The first kappa shape index (κ1) is 12.5. The van der Waals surface area contributed by atoms with Gasteiger partial charge in [0.25, 0.3) is 5.91 Å². The highest BCUT2D eigenvalue weighted by Crippen LogP contribution is 2.16. The molecule has 0 radical (unpaired) electrons. The number of halogens is 1. The first-order valence-corrected chi connectivity index (χ1v) is 5.86. The van der Waals surface area contributed by atoms with Crippen LogP contribution in [0.2, 0.25) is 5.02 Å². The van der Waals surface area contributed by atoms with E-state index >= 15 is 0 Å². The van der Waals surface area contributed by atoms with Crippen LogP contribution in [-0.2, 0) is 0 Å². The second-order valence-corrected chi connectivity index (χ2v) is 4.24. The fourth-order valence-corrected chi connectivity index (χ4v) is 1.77. The molecule has 0 aliphatic rings. The second-order valence-electron chi connectivity index (χ2n) is 3.83. The summed E-state index contributed by atoms with van der Waals surface area (Å²) in [4.78, 5) is 19.8. The Morgan fingerprint density at radius 1 is 1.22 bits per heavy atom. The fraction of sp³-hybridized carbons (Fsp3) is 0.154. The van der Waals surface area contributed by atoms with Crippen molar-refractivity contribution in [1.29, 1.82) is 0 Å². The molecular formula is C13H12ClN3O. The normalized spacial score (nSPS) is 11.9. The van der Waals surface area contributed by atoms with Crippen LogP contribution < -0.4 is 5.32 Å². The Hall–Kier alpha value is -1.94. The van der Waals surface area contributed by atoms with Gasteiger partial charge in [-0.3, -0.25) is 14.8 Å². The van der Waals surface area contributed by atoms with Crippen molar-refractivity contribution in [2.45, 2.75) is 13.0 Å². The van der Waals surface area contributed by atoms with E-state index in [-0.39, 0.29) is 11.9 Å². The van der Waals surface area contributed by atoms with E-state index < -0.39 is 0 Å². The summed E-state index contributed by atoms with van der Waals surface area (Å²) in [6.45, 7) is 1.91. The van der Waals surface area contributed by atoms with E-state index in [1.165, 1.54) is 12.4 Å². The minimum Gasteiger partial charge on any atom is -0.345 e. The molecule has 92 valence electrons. The Kier molecular flexibility index (Phi) is 3.89. The molecule has 0 saturated heterocycles. The van der Waals surface area contributed by atoms with Crippen molar-refractivity contribution in [3.63, 3.8) is 0 Å². The van der Waals surface area contributed by atoms with Gasteiger partial charge < -0.3 is 5.32 Å². The summed E-state index contributed by atoms with van der Waals surface area (Å²) >= 11 is 5.92. The summed E-state index contributed by atoms with van der Waals surface area (Å²) in [6, 6.07) is 5.21. The number of carbonyl (C=O) groups excluding carboxylic acids is 1. The van der Waals surface area contributed by atoms with Gasteiger partial charge >= 0.3 is 0 Å². The predicted octanol–water partition coefficient (Wildman–Crippen LogP) is 2.62. The van der Waals surface area contributed by atoms with Crippen LogP contribution in [0.1, 0.15) is 28.9 Å². The van der Waals surface area contributed by atoms with E-state index in [0.717, 1.165) is 5.56 Å². The van der Waals surface area contributed by atoms with Crippen LogP contribution in [-0.4, -0.2) is 15.9 Å². The Labute approximate surface area is 110 Å². The minimum absolute atomic E-state index is 0.107. The van der Waals surface area contributed by atoms with Crippen molar-refractivity contribution in [2.75, 3.05) is 0 Å². The van der Waals surface area contributed by atoms with Crippen LogP contribution in [0.3, 0.4) is 0 Å². The van der Waals surface area contributed by atoms with Crippen LogP contribution in [0.15, 0.2) is 43.0 Å². The Bertz CT molecular complexity index is 545. The van der Waals surface area contributed by atoms with Gasteiger partial charge in [-0.2, -0.15) is 0 Å². The minimum atomic E-state index is -0.216. The first-order valence-electron chi connectivity index (χ1n) is 5.49. The van der Waals surface area contributed by atoms with Crippen molar-refractivity contribution in [3.8, 4) is 0 Å². The maximum atomic E-state index is 12.0. The van der Waals surface area contributed by atoms with E-state index in [1.54, 1.807) is 18.5 Å². The summed E-state index contributed by atoms with van der Waals surface area (Å²) < 4.78 is 0. The maximum Gasteiger partial charge on any atom is 0.253 e. The number of nitrogens with one attached hydrogen (secondary N) is 1. The number of carbonyl (C=O) groups is 1. The summed E-state index contributed by atoms with van der Waals surface area (Å²) in [6.07, 6.45) is 6.38. The molecule has 2 rings (SSSR count). The lowest BCUT2D eigenvalue weighted by Gasteiger charge is -2.14. The lowest BCUT2D eigenvalue weighted by atomic mass is 10.1. The monoisotopic (exact) mass is 261 g/mol. The molecule has 1 unspecified atom stereocenters. The molecule has 1 atom stereocenters. The molecule has 0 aliphatic carbocycles. The lowest BCUT2D eigenvalue weighted by molar-refractivity contribution is 0.0940. The summed E-state index contributed by atoms with van der Waals surface area (Å²) in [7, 11) is 0. The van der Waals surface area contributed by atoms with Gasteiger partial charge in [-0.25, -0.2) is 0 Å². The third-order valence-corrected chi connectivity index (χ3v) is 2.87. The summed E-state index contributed by atoms with van der Waals surface area (Å²) in [5.74, 6) is -0.216. The molecule has 0 aromatic carbocycles. The number of rotatable bonds is 3. The molecule has 2 heterocycles. The summed E-state index contributed by atoms with van der Waals surface area (Å²) in [5.41, 5.74) is 1.41. The zero-order valence-corrected chi connectivity index (χ0v) is 10.6. The SMILES string of the molecule is CC(NC(=O)c1ccncc1Cl)c1ccncc1. The smallest absolute Gasteiger partial charge is 0.253 e. The van der Waals surface area contributed by atoms with E-state index in [9.17, 15) is 4.79 Å². The highest BCUT2D eigenvalue weighted by molar-refractivity contribution is 6.33. The van der Waals surface area contributed by atoms with Crippen LogP contribution in [0.25, 0.3) is 0 Å². The van der Waals surface area contributed by atoms with Crippen molar-refractivity contribution in [3.05, 3.63) is 59.1 Å². The Balaban J connectivity index is 2.11. The molecule has 5 heteroatoms. The number of pyridine rings is 2. The van der Waals surface area contributed by atoms with Gasteiger partial charge in [0.2, 0.25) is 0 Å². The van der Waals surface area contributed by atoms with E-state index in [1.807, 2.05) is 19.1 Å². The Morgan fingerprint density at radius 2 is 1.89 bits per heavy atom. The van der Waals surface area contributed by atoms with Crippen molar-refractivity contribution in [2.24, 2.45) is 0 Å². The number of amides is 1. The van der Waals surface area contributed by atoms with Gasteiger partial charge in [-0.15, -0.1) is 0 Å². The molecule has 0 bridgehead atoms. The van der Waals surface area contributed by atoms with Gasteiger partial charge in [0.15, 0.2) is 0 Å². The van der Waals surface area contributed by atoms with Gasteiger partial charge in [0.1, 0.15) is 0 Å². The maximum absolute atomic E-state index is 12.0. The topological polar surface area (TPSA) is 54.9 Å². The molecule has 0 aliphatic heterocycles. The number of nitrogens with zero attached hydrogens (tertiary/aromatic N) is 2. The fourth-order valence-electron chi connectivity index (χ4n) is 1.57. The highest BCUT2D eigenvalue weighted by Gasteiger charge is 2.13.